The zero-order valence-electron chi connectivity index (χ0n) is 13.3. The lowest BCUT2D eigenvalue weighted by Gasteiger charge is -2.08. The van der Waals surface area contributed by atoms with Crippen LogP contribution in [0.2, 0.25) is 0 Å². The number of carbonyl (C=O) groups excluding carboxylic acids is 1. The number of ketones is 1. The lowest BCUT2D eigenvalue weighted by atomic mass is 10.1. The maximum absolute atomic E-state index is 13.2. The normalized spacial score (nSPS) is 10.6. The molecular weight excluding hydrogens is 348 g/mol. The van der Waals surface area contributed by atoms with E-state index >= 15 is 0 Å². The predicted octanol–water partition coefficient (Wildman–Crippen LogP) is 3.63. The predicted molar refractivity (Wildman–Crippen MR) is 86.2 cm³/mol. The van der Waals surface area contributed by atoms with E-state index in [1.807, 2.05) is 0 Å². The Labute approximate surface area is 145 Å². The van der Waals surface area contributed by atoms with Gasteiger partial charge in [0.25, 0.3) is 0 Å². The van der Waals surface area contributed by atoms with E-state index in [-0.39, 0.29) is 22.9 Å². The fourth-order valence-electron chi connectivity index (χ4n) is 2.32. The minimum Gasteiger partial charge on any atom is -0.450 e. The second-order valence-electron chi connectivity index (χ2n) is 5.34. The average molecular weight is 359 g/mol. The number of nitrogens with zero attached hydrogens (tertiary/aromatic N) is 3. The van der Waals surface area contributed by atoms with E-state index in [0.29, 0.717) is 6.07 Å². The number of imidazole rings is 1. The number of aryl methyl sites for hydroxylation is 1. The van der Waals surface area contributed by atoms with Gasteiger partial charge in [-0.25, -0.2) is 13.8 Å². The molecule has 0 aliphatic carbocycles. The van der Waals surface area contributed by atoms with E-state index in [4.69, 9.17) is 4.74 Å². The Morgan fingerprint density at radius 1 is 1.19 bits per heavy atom. The molecule has 0 saturated carbocycles. The Kier molecular flexibility index (Phi) is 4.44. The molecule has 0 radical (unpaired) electrons. The third kappa shape index (κ3) is 3.41. The highest BCUT2D eigenvalue weighted by molar-refractivity contribution is 6.07. The van der Waals surface area contributed by atoms with Crippen molar-refractivity contribution in [3.05, 3.63) is 81.9 Å². The third-order valence-corrected chi connectivity index (χ3v) is 3.51. The Morgan fingerprint density at radius 2 is 1.88 bits per heavy atom. The molecule has 1 aromatic heterocycles. The van der Waals surface area contributed by atoms with Gasteiger partial charge < -0.3 is 9.30 Å². The largest absolute Gasteiger partial charge is 0.450 e. The molecule has 0 fully saturated rings. The van der Waals surface area contributed by atoms with Crippen LogP contribution in [0.15, 0.2) is 48.8 Å². The molecule has 0 N–H and O–H groups in total. The molecule has 26 heavy (non-hydrogen) atoms. The van der Waals surface area contributed by atoms with Gasteiger partial charge in [-0.15, -0.1) is 0 Å². The Balaban J connectivity index is 1.98. The zero-order chi connectivity index (χ0) is 18.8. The SMILES string of the molecule is Cn1ccnc1C(=O)c1ccc(Oc2cc(F)cc(F)c2)c([N+](=O)[O-])c1. The molecule has 3 rings (SSSR count). The molecular formula is C17H11F2N3O4. The molecule has 0 amide bonds. The molecule has 0 atom stereocenters. The third-order valence-electron chi connectivity index (χ3n) is 3.51. The van der Waals surface area contributed by atoms with Gasteiger partial charge in [-0.2, -0.15) is 0 Å². The smallest absolute Gasteiger partial charge is 0.312 e. The van der Waals surface area contributed by atoms with Crippen LogP contribution in [0.25, 0.3) is 0 Å². The fourth-order valence-corrected chi connectivity index (χ4v) is 2.32. The van der Waals surface area contributed by atoms with Crippen LogP contribution in [0.4, 0.5) is 14.5 Å². The zero-order valence-corrected chi connectivity index (χ0v) is 13.3. The first-order valence-electron chi connectivity index (χ1n) is 7.29. The molecule has 132 valence electrons. The molecule has 0 unspecified atom stereocenters. The maximum Gasteiger partial charge on any atom is 0.312 e. The summed E-state index contributed by atoms with van der Waals surface area (Å²) in [6.07, 6.45) is 3.00. The van der Waals surface area contributed by atoms with Crippen molar-refractivity contribution in [3.63, 3.8) is 0 Å². The number of benzene rings is 2. The first-order valence-corrected chi connectivity index (χ1v) is 7.29. The molecule has 7 nitrogen and oxygen atoms in total. The quantitative estimate of drug-likeness (QED) is 0.394. The highest BCUT2D eigenvalue weighted by Gasteiger charge is 2.22. The monoisotopic (exact) mass is 359 g/mol. The van der Waals surface area contributed by atoms with E-state index in [1.165, 1.54) is 22.9 Å². The maximum atomic E-state index is 13.2. The molecule has 1 heterocycles. The summed E-state index contributed by atoms with van der Waals surface area (Å²) in [5, 5.41) is 11.3. The van der Waals surface area contributed by atoms with Gasteiger partial charge in [0.15, 0.2) is 5.82 Å². The van der Waals surface area contributed by atoms with Crippen molar-refractivity contribution in [3.8, 4) is 11.5 Å². The van der Waals surface area contributed by atoms with E-state index in [9.17, 15) is 23.7 Å². The van der Waals surface area contributed by atoms with Crippen molar-refractivity contribution in [2.75, 3.05) is 0 Å². The van der Waals surface area contributed by atoms with Gasteiger partial charge in [0.2, 0.25) is 11.5 Å². The van der Waals surface area contributed by atoms with Crippen LogP contribution >= 0.6 is 0 Å². The Morgan fingerprint density at radius 3 is 2.46 bits per heavy atom. The Hall–Kier alpha value is -3.62. The van der Waals surface area contributed by atoms with Crippen LogP contribution in [0.5, 0.6) is 11.5 Å². The summed E-state index contributed by atoms with van der Waals surface area (Å²) < 4.78 is 33.2. The first-order chi connectivity index (χ1) is 12.3. The number of nitro groups is 1. The second-order valence-corrected chi connectivity index (χ2v) is 5.34. The van der Waals surface area contributed by atoms with Crippen LogP contribution in [-0.2, 0) is 7.05 Å². The molecule has 0 bridgehead atoms. The van der Waals surface area contributed by atoms with Crippen LogP contribution in [0.3, 0.4) is 0 Å². The highest BCUT2D eigenvalue weighted by Crippen LogP contribution is 2.33. The van der Waals surface area contributed by atoms with Gasteiger partial charge in [0.1, 0.15) is 17.4 Å². The van der Waals surface area contributed by atoms with Crippen molar-refractivity contribution in [1.29, 1.82) is 0 Å². The standard InChI is InChI=1S/C17H11F2N3O4/c1-21-5-4-20-17(21)16(23)10-2-3-15(14(6-10)22(24)25)26-13-8-11(18)7-12(19)9-13/h2-9H,1H3. The summed E-state index contributed by atoms with van der Waals surface area (Å²) in [5.41, 5.74) is -0.487. The van der Waals surface area contributed by atoms with Crippen LogP contribution in [0, 0.1) is 21.7 Å². The number of hydrogen-bond acceptors (Lipinski definition) is 5. The van der Waals surface area contributed by atoms with Crippen LogP contribution < -0.4 is 4.74 Å². The molecule has 9 heteroatoms. The summed E-state index contributed by atoms with van der Waals surface area (Å²) in [5.74, 6) is -2.66. The van der Waals surface area contributed by atoms with E-state index in [0.717, 1.165) is 18.2 Å². The molecule has 0 spiro atoms. The molecule has 2 aromatic carbocycles. The molecule has 3 aromatic rings. The van der Waals surface area contributed by atoms with Gasteiger partial charge in [0.05, 0.1) is 4.92 Å². The first kappa shape index (κ1) is 17.2. The fraction of sp³-hybridized carbons (Fsp3) is 0.0588. The van der Waals surface area contributed by atoms with Crippen molar-refractivity contribution in [2.45, 2.75) is 0 Å². The number of aromatic nitrogens is 2. The van der Waals surface area contributed by atoms with E-state index in [2.05, 4.69) is 4.98 Å². The summed E-state index contributed by atoms with van der Waals surface area (Å²) in [6.45, 7) is 0. The Bertz CT molecular complexity index is 997. The second kappa shape index (κ2) is 6.71. The highest BCUT2D eigenvalue weighted by atomic mass is 19.1. The van der Waals surface area contributed by atoms with Crippen molar-refractivity contribution >= 4 is 11.5 Å². The lowest BCUT2D eigenvalue weighted by molar-refractivity contribution is -0.385. The molecule has 0 aliphatic heterocycles. The number of nitro benzene ring substituents is 1. The van der Waals surface area contributed by atoms with Crippen molar-refractivity contribution in [2.24, 2.45) is 7.05 Å². The number of carbonyl (C=O) groups is 1. The van der Waals surface area contributed by atoms with Gasteiger partial charge >= 0.3 is 5.69 Å². The lowest BCUT2D eigenvalue weighted by Crippen LogP contribution is -2.09. The number of halogens is 2. The minimum atomic E-state index is -0.885. The molecule has 0 aliphatic rings. The average Bonchev–Trinajstić information content (AvgIpc) is 2.99. The number of ether oxygens (including phenoxy) is 1. The molecule has 0 saturated heterocycles. The van der Waals surface area contributed by atoms with Gasteiger partial charge in [-0.1, -0.05) is 0 Å². The summed E-state index contributed by atoms with van der Waals surface area (Å²) in [6, 6.07) is 5.96. The summed E-state index contributed by atoms with van der Waals surface area (Å²) in [7, 11) is 1.62. The number of hydrogen-bond donors (Lipinski definition) is 0. The van der Waals surface area contributed by atoms with Gasteiger partial charge in [-0.05, 0) is 12.1 Å². The summed E-state index contributed by atoms with van der Waals surface area (Å²) in [4.78, 5) is 26.9. The van der Waals surface area contributed by atoms with Gasteiger partial charge in [-0.3, -0.25) is 14.9 Å². The van der Waals surface area contributed by atoms with Gasteiger partial charge in [0, 0.05) is 49.3 Å². The van der Waals surface area contributed by atoms with Crippen molar-refractivity contribution in [1.82, 2.24) is 9.55 Å². The number of rotatable bonds is 5. The van der Waals surface area contributed by atoms with Crippen molar-refractivity contribution < 1.29 is 23.2 Å². The van der Waals surface area contributed by atoms with Crippen LogP contribution in [0.1, 0.15) is 16.2 Å². The topological polar surface area (TPSA) is 87.3 Å². The minimum absolute atomic E-state index is 0.0313. The van der Waals surface area contributed by atoms with E-state index in [1.54, 1.807) is 13.2 Å². The summed E-state index contributed by atoms with van der Waals surface area (Å²) >= 11 is 0. The van der Waals surface area contributed by atoms with Crippen LogP contribution in [-0.4, -0.2) is 20.3 Å². The van der Waals surface area contributed by atoms with E-state index < -0.39 is 28.0 Å².